The third-order valence-electron chi connectivity index (χ3n) is 6.23. The van der Waals surface area contributed by atoms with Crippen molar-refractivity contribution < 1.29 is 14.0 Å². The van der Waals surface area contributed by atoms with Crippen LogP contribution in [0.4, 0.5) is 10.1 Å². The van der Waals surface area contributed by atoms with Gasteiger partial charge in [0, 0.05) is 18.5 Å². The van der Waals surface area contributed by atoms with Gasteiger partial charge < -0.3 is 5.32 Å². The number of halogens is 1. The summed E-state index contributed by atoms with van der Waals surface area (Å²) in [5.74, 6) is -1.13. The maximum absolute atomic E-state index is 13.8. The second kappa shape index (κ2) is 10.1. The molecule has 0 saturated heterocycles. The Morgan fingerprint density at radius 3 is 2.56 bits per heavy atom. The summed E-state index contributed by atoms with van der Waals surface area (Å²) in [7, 11) is 0. The van der Waals surface area contributed by atoms with Gasteiger partial charge >= 0.3 is 0 Å². The van der Waals surface area contributed by atoms with Gasteiger partial charge in [-0.05, 0) is 42.7 Å². The van der Waals surface area contributed by atoms with E-state index in [9.17, 15) is 14.0 Å². The Labute approximate surface area is 213 Å². The van der Waals surface area contributed by atoms with Crippen LogP contribution in [0, 0.1) is 19.7 Å². The summed E-state index contributed by atoms with van der Waals surface area (Å²) in [5, 5.41) is 9.16. The number of hydrogen-bond donors (Lipinski definition) is 1. The lowest BCUT2D eigenvalue weighted by molar-refractivity contribution is -0.121. The van der Waals surface area contributed by atoms with Gasteiger partial charge in [-0.25, -0.2) is 9.40 Å². The molecule has 2 aliphatic heterocycles. The van der Waals surface area contributed by atoms with Crippen molar-refractivity contribution in [2.24, 2.45) is 10.1 Å². The van der Waals surface area contributed by atoms with Crippen LogP contribution >= 0.6 is 11.8 Å². The number of carbonyl (C=O) groups excluding carboxylic acids is 2. The van der Waals surface area contributed by atoms with Crippen LogP contribution in [-0.4, -0.2) is 33.0 Å². The number of nitrogens with zero attached hydrogens (tertiary/aromatic N) is 3. The highest BCUT2D eigenvalue weighted by molar-refractivity contribution is 8.15. The van der Waals surface area contributed by atoms with Crippen LogP contribution in [0.3, 0.4) is 0 Å². The van der Waals surface area contributed by atoms with Gasteiger partial charge in [-0.1, -0.05) is 78.0 Å². The van der Waals surface area contributed by atoms with Gasteiger partial charge in [0.2, 0.25) is 5.91 Å². The van der Waals surface area contributed by atoms with Crippen molar-refractivity contribution in [1.82, 2.24) is 5.01 Å². The Kier molecular flexibility index (Phi) is 6.69. The van der Waals surface area contributed by atoms with Crippen molar-refractivity contribution in [2.45, 2.75) is 38.0 Å². The minimum atomic E-state index is -0.662. The highest BCUT2D eigenvalue weighted by atomic mass is 32.2. The minimum absolute atomic E-state index is 0.0651. The van der Waals surface area contributed by atoms with Crippen LogP contribution in [-0.2, 0) is 9.59 Å². The summed E-state index contributed by atoms with van der Waals surface area (Å²) < 4.78 is 13.8. The van der Waals surface area contributed by atoms with Crippen molar-refractivity contribution >= 4 is 40.1 Å². The SMILES string of the molecule is Cc1ccc(C2=NN(C3=NC(=O)[C@@H](CC(=O)Nc4ccc(C)c(F)c4)S3)[C@@H](c3ccccc3)C2)cc1. The van der Waals surface area contributed by atoms with Gasteiger partial charge in [0.05, 0.1) is 11.8 Å². The van der Waals surface area contributed by atoms with E-state index in [-0.39, 0.29) is 24.3 Å². The Morgan fingerprint density at radius 2 is 1.83 bits per heavy atom. The van der Waals surface area contributed by atoms with Crippen molar-refractivity contribution in [3.8, 4) is 0 Å². The zero-order chi connectivity index (χ0) is 25.2. The predicted molar refractivity (Wildman–Crippen MR) is 142 cm³/mol. The van der Waals surface area contributed by atoms with Gasteiger partial charge in [0.25, 0.3) is 5.91 Å². The number of amides is 2. The van der Waals surface area contributed by atoms with Crippen molar-refractivity contribution in [1.29, 1.82) is 0 Å². The Balaban J connectivity index is 1.33. The lowest BCUT2D eigenvalue weighted by Crippen LogP contribution is -2.25. The highest BCUT2D eigenvalue weighted by Crippen LogP contribution is 2.38. The minimum Gasteiger partial charge on any atom is -0.326 e. The number of hydrogen-bond acceptors (Lipinski definition) is 5. The number of anilines is 1. The predicted octanol–water partition coefficient (Wildman–Crippen LogP) is 5.62. The second-order valence-electron chi connectivity index (χ2n) is 8.94. The van der Waals surface area contributed by atoms with E-state index in [1.807, 2.05) is 37.3 Å². The van der Waals surface area contributed by atoms with Gasteiger partial charge in [0.15, 0.2) is 5.17 Å². The molecule has 182 valence electrons. The molecule has 0 spiro atoms. The lowest BCUT2D eigenvalue weighted by Gasteiger charge is -2.23. The first-order valence-corrected chi connectivity index (χ1v) is 12.6. The normalized spacial score (nSPS) is 19.3. The molecule has 6 nitrogen and oxygen atoms in total. The molecule has 2 amide bonds. The largest absolute Gasteiger partial charge is 0.326 e. The molecule has 0 fully saturated rings. The molecule has 3 aromatic rings. The highest BCUT2D eigenvalue weighted by Gasteiger charge is 2.39. The Morgan fingerprint density at radius 1 is 1.08 bits per heavy atom. The monoisotopic (exact) mass is 500 g/mol. The summed E-state index contributed by atoms with van der Waals surface area (Å²) >= 11 is 1.24. The summed E-state index contributed by atoms with van der Waals surface area (Å²) in [4.78, 5) is 29.6. The quantitative estimate of drug-likeness (QED) is 0.493. The molecule has 0 unspecified atom stereocenters. The van der Waals surface area contributed by atoms with Crippen LogP contribution in [0.2, 0.25) is 0 Å². The molecule has 36 heavy (non-hydrogen) atoms. The first-order chi connectivity index (χ1) is 17.4. The molecule has 5 rings (SSSR count). The molecule has 0 radical (unpaired) electrons. The summed E-state index contributed by atoms with van der Waals surface area (Å²) in [6.07, 6.45) is 0.607. The average Bonchev–Trinajstić information content (AvgIpc) is 3.46. The maximum Gasteiger partial charge on any atom is 0.262 e. The number of aliphatic imine (C=N–C) groups is 1. The van der Waals surface area contributed by atoms with Crippen molar-refractivity contribution in [2.75, 3.05) is 5.32 Å². The fraction of sp³-hybridized carbons (Fsp3) is 0.214. The van der Waals surface area contributed by atoms with Gasteiger partial charge in [-0.3, -0.25) is 9.59 Å². The number of hydrazone groups is 1. The van der Waals surface area contributed by atoms with Crippen LogP contribution < -0.4 is 5.32 Å². The molecular weight excluding hydrogens is 475 g/mol. The Hall–Kier alpha value is -3.78. The molecular formula is C28H25FN4O2S. The molecule has 2 heterocycles. The summed E-state index contributed by atoms with van der Waals surface area (Å²) in [6, 6.07) is 22.6. The van der Waals surface area contributed by atoms with Crippen LogP contribution in [0.25, 0.3) is 0 Å². The van der Waals surface area contributed by atoms with E-state index in [0.29, 0.717) is 22.8 Å². The standard InChI is InChI=1S/C28H25FN4O2S/c1-17-8-11-19(12-9-17)23-15-24(20-6-4-3-5-7-20)33(32-23)28-31-27(35)25(36-28)16-26(34)30-21-13-10-18(2)22(29)14-21/h3-14,24-25H,15-16H2,1-2H3,(H,30,34)/t24-,25-/m1/s1. The number of benzene rings is 3. The average molecular weight is 501 g/mol. The van der Waals surface area contributed by atoms with Gasteiger partial charge in [-0.2, -0.15) is 10.1 Å². The van der Waals surface area contributed by atoms with E-state index in [1.54, 1.807) is 24.1 Å². The first kappa shape index (κ1) is 23.9. The number of nitrogens with one attached hydrogen (secondary N) is 1. The van der Waals surface area contributed by atoms with Crippen LogP contribution in [0.5, 0.6) is 0 Å². The second-order valence-corrected chi connectivity index (χ2v) is 10.1. The molecule has 0 aliphatic carbocycles. The zero-order valence-electron chi connectivity index (χ0n) is 19.9. The number of carbonyl (C=O) groups is 2. The molecule has 0 bridgehead atoms. The van der Waals surface area contributed by atoms with E-state index >= 15 is 0 Å². The number of aryl methyl sites for hydroxylation is 2. The molecule has 3 aromatic carbocycles. The van der Waals surface area contributed by atoms with Gasteiger partial charge in [-0.15, -0.1) is 0 Å². The molecule has 2 atom stereocenters. The lowest BCUT2D eigenvalue weighted by atomic mass is 9.98. The maximum atomic E-state index is 13.8. The third-order valence-corrected chi connectivity index (χ3v) is 7.37. The fourth-order valence-electron chi connectivity index (χ4n) is 4.20. The summed E-state index contributed by atoms with van der Waals surface area (Å²) in [6.45, 7) is 3.70. The van der Waals surface area contributed by atoms with E-state index in [0.717, 1.165) is 16.8 Å². The third kappa shape index (κ3) is 5.09. The summed E-state index contributed by atoms with van der Waals surface area (Å²) in [5.41, 5.74) is 5.04. The van der Waals surface area contributed by atoms with Crippen molar-refractivity contribution in [3.63, 3.8) is 0 Å². The fourth-order valence-corrected chi connectivity index (χ4v) is 5.26. The molecule has 2 aliphatic rings. The van der Waals surface area contributed by atoms with Gasteiger partial charge in [0.1, 0.15) is 11.1 Å². The van der Waals surface area contributed by atoms with E-state index in [1.165, 1.54) is 23.4 Å². The van der Waals surface area contributed by atoms with Crippen LogP contribution in [0.15, 0.2) is 82.9 Å². The van der Waals surface area contributed by atoms with Crippen molar-refractivity contribution in [3.05, 3.63) is 101 Å². The number of amidine groups is 1. The van der Waals surface area contributed by atoms with E-state index < -0.39 is 11.1 Å². The first-order valence-electron chi connectivity index (χ1n) is 11.7. The van der Waals surface area contributed by atoms with E-state index in [4.69, 9.17) is 5.10 Å². The Bertz CT molecular complexity index is 1370. The number of thioether (sulfide) groups is 1. The smallest absolute Gasteiger partial charge is 0.262 e. The molecule has 0 aromatic heterocycles. The molecule has 1 N–H and O–H groups in total. The molecule has 0 saturated carbocycles. The number of rotatable bonds is 5. The van der Waals surface area contributed by atoms with E-state index in [2.05, 4.69) is 34.6 Å². The zero-order valence-corrected chi connectivity index (χ0v) is 20.8. The topological polar surface area (TPSA) is 74.1 Å². The molecule has 8 heteroatoms. The van der Waals surface area contributed by atoms with Crippen LogP contribution in [0.1, 0.15) is 41.1 Å².